The van der Waals surface area contributed by atoms with Gasteiger partial charge < -0.3 is 9.26 Å². The van der Waals surface area contributed by atoms with Crippen LogP contribution in [0.5, 0.6) is 0 Å². The quantitative estimate of drug-likeness (QED) is 0.546. The zero-order valence-corrected chi connectivity index (χ0v) is 13.8. The highest BCUT2D eigenvalue weighted by atomic mass is 32.1. The van der Waals surface area contributed by atoms with E-state index in [0.717, 1.165) is 16.1 Å². The highest BCUT2D eigenvalue weighted by Crippen LogP contribution is 2.23. The largest absolute Gasteiger partial charge is 0.454 e. The van der Waals surface area contributed by atoms with E-state index < -0.39 is 5.97 Å². The molecular weight excluding hydrogens is 338 g/mol. The normalized spacial score (nSPS) is 10.7. The maximum atomic E-state index is 12.1. The molecule has 1 N–H and O–H groups in total. The van der Waals surface area contributed by atoms with Gasteiger partial charge in [0.2, 0.25) is 0 Å². The number of carbonyl (C=O) groups excluding carboxylic acids is 1. The molecule has 0 aliphatic carbocycles. The number of hydrogen-bond acceptors (Lipinski definition) is 6. The first-order valence-electron chi connectivity index (χ1n) is 7.57. The van der Waals surface area contributed by atoms with Crippen molar-refractivity contribution in [2.45, 2.75) is 6.61 Å². The molecule has 4 rings (SSSR count). The van der Waals surface area contributed by atoms with Crippen LogP contribution in [0.1, 0.15) is 16.2 Å². The van der Waals surface area contributed by atoms with Crippen molar-refractivity contribution in [3.8, 4) is 21.9 Å². The maximum Gasteiger partial charge on any atom is 0.359 e. The van der Waals surface area contributed by atoms with E-state index in [1.54, 1.807) is 23.5 Å². The van der Waals surface area contributed by atoms with Gasteiger partial charge in [-0.15, -0.1) is 11.3 Å². The third kappa shape index (κ3) is 3.36. The SMILES string of the molecule is O=C(OCc1cc(-c2ccccc2)on1)c1cc(-c2cccs2)[nH]n1. The third-order valence-corrected chi connectivity index (χ3v) is 4.45. The number of carbonyl (C=O) groups is 1. The van der Waals surface area contributed by atoms with Gasteiger partial charge in [0.15, 0.2) is 11.5 Å². The van der Waals surface area contributed by atoms with Crippen molar-refractivity contribution in [2.75, 3.05) is 0 Å². The van der Waals surface area contributed by atoms with Gasteiger partial charge in [-0.2, -0.15) is 5.10 Å². The lowest BCUT2D eigenvalue weighted by molar-refractivity contribution is 0.0457. The first kappa shape index (κ1) is 15.3. The van der Waals surface area contributed by atoms with Crippen LogP contribution in [0.4, 0.5) is 0 Å². The molecule has 25 heavy (non-hydrogen) atoms. The molecule has 7 heteroatoms. The first-order chi connectivity index (χ1) is 12.3. The zero-order chi connectivity index (χ0) is 17.1. The molecule has 0 saturated carbocycles. The number of benzene rings is 1. The molecule has 4 aromatic rings. The lowest BCUT2D eigenvalue weighted by Gasteiger charge is -1.98. The second-order valence-electron chi connectivity index (χ2n) is 5.27. The van der Waals surface area contributed by atoms with Crippen LogP contribution in [0.3, 0.4) is 0 Å². The first-order valence-corrected chi connectivity index (χ1v) is 8.45. The molecule has 124 valence electrons. The van der Waals surface area contributed by atoms with E-state index in [4.69, 9.17) is 9.26 Å². The lowest BCUT2D eigenvalue weighted by Crippen LogP contribution is -2.05. The molecule has 1 aromatic carbocycles. The molecule has 0 aliphatic heterocycles. The number of esters is 1. The summed E-state index contributed by atoms with van der Waals surface area (Å²) in [5.41, 5.74) is 2.48. The standard InChI is InChI=1S/C18H13N3O3S/c22-18(15-10-14(19-20-15)17-7-4-8-25-17)23-11-13-9-16(24-21-13)12-5-2-1-3-6-12/h1-10H,11H2,(H,19,20). The van der Waals surface area contributed by atoms with E-state index in [9.17, 15) is 4.79 Å². The Morgan fingerprint density at radius 2 is 2.04 bits per heavy atom. The van der Waals surface area contributed by atoms with Crippen LogP contribution in [0.2, 0.25) is 0 Å². The summed E-state index contributed by atoms with van der Waals surface area (Å²) in [7, 11) is 0. The van der Waals surface area contributed by atoms with Crippen LogP contribution in [0.15, 0.2) is 64.5 Å². The number of rotatable bonds is 5. The Labute approximate surface area is 147 Å². The summed E-state index contributed by atoms with van der Waals surface area (Å²) < 4.78 is 10.5. The van der Waals surface area contributed by atoms with Gasteiger partial charge in [-0.05, 0) is 17.5 Å². The monoisotopic (exact) mass is 351 g/mol. The van der Waals surface area contributed by atoms with Crippen molar-refractivity contribution in [3.63, 3.8) is 0 Å². The fourth-order valence-electron chi connectivity index (χ4n) is 2.32. The van der Waals surface area contributed by atoms with Gasteiger partial charge in [0.1, 0.15) is 12.3 Å². The Morgan fingerprint density at radius 3 is 2.84 bits per heavy atom. The fraction of sp³-hybridized carbons (Fsp3) is 0.0556. The van der Waals surface area contributed by atoms with Gasteiger partial charge in [-0.25, -0.2) is 4.79 Å². The topological polar surface area (TPSA) is 81.0 Å². The van der Waals surface area contributed by atoms with Gasteiger partial charge in [-0.3, -0.25) is 5.10 Å². The van der Waals surface area contributed by atoms with E-state index in [-0.39, 0.29) is 12.3 Å². The predicted octanol–water partition coefficient (Wildman–Crippen LogP) is 4.15. The molecule has 0 saturated heterocycles. The van der Waals surface area contributed by atoms with Crippen molar-refractivity contribution in [1.82, 2.24) is 15.4 Å². The van der Waals surface area contributed by atoms with Crippen molar-refractivity contribution >= 4 is 17.3 Å². The zero-order valence-electron chi connectivity index (χ0n) is 13.0. The maximum absolute atomic E-state index is 12.1. The summed E-state index contributed by atoms with van der Waals surface area (Å²) >= 11 is 1.57. The summed E-state index contributed by atoms with van der Waals surface area (Å²) in [6.07, 6.45) is 0. The minimum absolute atomic E-state index is 0.0242. The lowest BCUT2D eigenvalue weighted by atomic mass is 10.2. The molecular formula is C18H13N3O3S. The molecule has 0 atom stereocenters. The number of nitrogens with one attached hydrogen (secondary N) is 1. The second kappa shape index (κ2) is 6.74. The third-order valence-electron chi connectivity index (χ3n) is 3.54. The fourth-order valence-corrected chi connectivity index (χ4v) is 3.01. The molecule has 0 bridgehead atoms. The second-order valence-corrected chi connectivity index (χ2v) is 6.22. The number of nitrogens with zero attached hydrogens (tertiary/aromatic N) is 2. The van der Waals surface area contributed by atoms with Crippen LogP contribution >= 0.6 is 11.3 Å². The number of aromatic nitrogens is 3. The van der Waals surface area contributed by atoms with E-state index >= 15 is 0 Å². The molecule has 3 aromatic heterocycles. The Bertz CT molecular complexity index is 974. The molecule has 0 radical (unpaired) electrons. The number of ether oxygens (including phenoxy) is 1. The van der Waals surface area contributed by atoms with Crippen LogP contribution in [-0.2, 0) is 11.3 Å². The summed E-state index contributed by atoms with van der Waals surface area (Å²) in [6, 6.07) is 16.9. The molecule has 0 fully saturated rings. The van der Waals surface area contributed by atoms with Crippen molar-refractivity contribution < 1.29 is 14.1 Å². The van der Waals surface area contributed by atoms with Gasteiger partial charge in [0.25, 0.3) is 0 Å². The highest BCUT2D eigenvalue weighted by molar-refractivity contribution is 7.13. The number of aromatic amines is 1. The Morgan fingerprint density at radius 1 is 1.16 bits per heavy atom. The summed E-state index contributed by atoms with van der Waals surface area (Å²) in [5.74, 6) is 0.120. The van der Waals surface area contributed by atoms with Crippen molar-refractivity contribution in [3.05, 3.63) is 71.4 Å². The molecule has 6 nitrogen and oxygen atoms in total. The number of hydrogen-bond donors (Lipinski definition) is 1. The average Bonchev–Trinajstić information content (AvgIpc) is 3.41. The van der Waals surface area contributed by atoms with Crippen molar-refractivity contribution in [1.29, 1.82) is 0 Å². The minimum Gasteiger partial charge on any atom is -0.454 e. The van der Waals surface area contributed by atoms with Crippen LogP contribution in [0, 0.1) is 0 Å². The Balaban J connectivity index is 1.40. The molecule has 0 spiro atoms. The molecule has 0 unspecified atom stereocenters. The Kier molecular flexibility index (Phi) is 4.14. The van der Waals surface area contributed by atoms with E-state index in [2.05, 4.69) is 15.4 Å². The van der Waals surface area contributed by atoms with Gasteiger partial charge in [0.05, 0.1) is 10.6 Å². The van der Waals surface area contributed by atoms with Gasteiger partial charge in [-0.1, -0.05) is 41.6 Å². The number of thiophene rings is 1. The average molecular weight is 351 g/mol. The van der Waals surface area contributed by atoms with Crippen LogP contribution < -0.4 is 0 Å². The minimum atomic E-state index is -0.511. The van der Waals surface area contributed by atoms with Gasteiger partial charge in [0, 0.05) is 11.6 Å². The molecule has 0 amide bonds. The molecule has 3 heterocycles. The molecule has 0 aliphatic rings. The van der Waals surface area contributed by atoms with E-state index in [1.165, 1.54) is 0 Å². The number of H-pyrrole nitrogens is 1. The van der Waals surface area contributed by atoms with Gasteiger partial charge >= 0.3 is 5.97 Å². The van der Waals surface area contributed by atoms with Crippen molar-refractivity contribution in [2.24, 2.45) is 0 Å². The predicted molar refractivity (Wildman–Crippen MR) is 93.0 cm³/mol. The van der Waals surface area contributed by atoms with Crippen LogP contribution in [0.25, 0.3) is 21.9 Å². The van der Waals surface area contributed by atoms with Crippen LogP contribution in [-0.4, -0.2) is 21.3 Å². The van der Waals surface area contributed by atoms with E-state index in [1.807, 2.05) is 47.8 Å². The summed E-state index contributed by atoms with van der Waals surface area (Å²) in [5, 5.41) is 12.7. The smallest absolute Gasteiger partial charge is 0.359 e. The summed E-state index contributed by atoms with van der Waals surface area (Å²) in [4.78, 5) is 13.1. The Hall–Kier alpha value is -3.19. The summed E-state index contributed by atoms with van der Waals surface area (Å²) in [6.45, 7) is 0.0242. The highest BCUT2D eigenvalue weighted by Gasteiger charge is 2.15. The van der Waals surface area contributed by atoms with E-state index in [0.29, 0.717) is 11.5 Å².